The molecule has 1 atom stereocenters. The van der Waals surface area contributed by atoms with Crippen LogP contribution in [0.5, 0.6) is 0 Å². The minimum absolute atomic E-state index is 0. The molecule has 2 aliphatic rings. The molecule has 2 N–H and O–H groups in total. The van der Waals surface area contributed by atoms with E-state index in [0.29, 0.717) is 6.54 Å². The van der Waals surface area contributed by atoms with Crippen molar-refractivity contribution in [1.82, 2.24) is 25.4 Å². The average Bonchev–Trinajstić information content (AvgIpc) is 3.10. The second kappa shape index (κ2) is 9.92. The third kappa shape index (κ3) is 5.12. The topological polar surface area (TPSA) is 75.1 Å². The quantitative estimate of drug-likeness (QED) is 0.799. The average molecular weight is 413 g/mol. The Kier molecular flexibility index (Phi) is 7.89. The number of anilines is 1. The number of rotatable bonds is 4. The zero-order valence-electron chi connectivity index (χ0n) is 15.1. The molecule has 4 rings (SSSR count). The SMILES string of the molecule is Cl.Cl.O=C(NCc1cc2n(n1)CCNC2)C1CCCN(c2ccccn2)C1. The van der Waals surface area contributed by atoms with Crippen LogP contribution in [0.1, 0.15) is 24.2 Å². The fourth-order valence-corrected chi connectivity index (χ4v) is 3.60. The van der Waals surface area contributed by atoms with Gasteiger partial charge in [-0.05, 0) is 31.0 Å². The highest BCUT2D eigenvalue weighted by atomic mass is 35.5. The van der Waals surface area contributed by atoms with Crippen LogP contribution in [0.15, 0.2) is 30.5 Å². The number of halogens is 2. The number of amides is 1. The van der Waals surface area contributed by atoms with Crippen molar-refractivity contribution in [2.45, 2.75) is 32.5 Å². The minimum Gasteiger partial charge on any atom is -0.356 e. The lowest BCUT2D eigenvalue weighted by molar-refractivity contribution is -0.125. The van der Waals surface area contributed by atoms with Gasteiger partial charge in [0, 0.05) is 32.4 Å². The van der Waals surface area contributed by atoms with E-state index in [0.717, 1.165) is 57.1 Å². The van der Waals surface area contributed by atoms with Crippen molar-refractivity contribution in [2.24, 2.45) is 5.92 Å². The summed E-state index contributed by atoms with van der Waals surface area (Å²) in [5.41, 5.74) is 2.12. The first-order valence-electron chi connectivity index (χ1n) is 8.99. The van der Waals surface area contributed by atoms with Gasteiger partial charge in [-0.15, -0.1) is 24.8 Å². The molecule has 1 unspecified atom stereocenters. The third-order valence-corrected chi connectivity index (χ3v) is 4.93. The number of carbonyl (C=O) groups is 1. The monoisotopic (exact) mass is 412 g/mol. The summed E-state index contributed by atoms with van der Waals surface area (Å²) in [6.45, 7) is 4.88. The molecule has 27 heavy (non-hydrogen) atoms. The van der Waals surface area contributed by atoms with Gasteiger partial charge in [0.25, 0.3) is 0 Å². The van der Waals surface area contributed by atoms with Crippen molar-refractivity contribution >= 4 is 36.5 Å². The second-order valence-electron chi connectivity index (χ2n) is 6.72. The van der Waals surface area contributed by atoms with E-state index >= 15 is 0 Å². The lowest BCUT2D eigenvalue weighted by Crippen LogP contribution is -2.43. The predicted octanol–water partition coefficient (Wildman–Crippen LogP) is 1.76. The number of carbonyl (C=O) groups excluding carboxylic acids is 1. The van der Waals surface area contributed by atoms with Gasteiger partial charge in [-0.3, -0.25) is 9.48 Å². The zero-order valence-corrected chi connectivity index (χ0v) is 16.8. The van der Waals surface area contributed by atoms with E-state index in [4.69, 9.17) is 0 Å². The van der Waals surface area contributed by atoms with Gasteiger partial charge >= 0.3 is 0 Å². The summed E-state index contributed by atoms with van der Waals surface area (Å²) in [7, 11) is 0. The van der Waals surface area contributed by atoms with Gasteiger partial charge in [-0.2, -0.15) is 5.10 Å². The van der Waals surface area contributed by atoms with Crippen LogP contribution in [0.25, 0.3) is 0 Å². The molecule has 0 spiro atoms. The first kappa shape index (κ1) is 21.5. The summed E-state index contributed by atoms with van der Waals surface area (Å²) in [4.78, 5) is 19.2. The first-order valence-corrected chi connectivity index (χ1v) is 8.99. The van der Waals surface area contributed by atoms with Crippen LogP contribution in [0.2, 0.25) is 0 Å². The Bertz CT molecular complexity index is 715. The smallest absolute Gasteiger partial charge is 0.225 e. The van der Waals surface area contributed by atoms with E-state index in [1.54, 1.807) is 6.20 Å². The van der Waals surface area contributed by atoms with Gasteiger partial charge in [-0.1, -0.05) is 6.07 Å². The molecule has 0 aromatic carbocycles. The summed E-state index contributed by atoms with van der Waals surface area (Å²) in [5, 5.41) is 11.0. The molecule has 0 radical (unpaired) electrons. The van der Waals surface area contributed by atoms with Crippen LogP contribution in [0.4, 0.5) is 5.82 Å². The van der Waals surface area contributed by atoms with Crippen molar-refractivity contribution in [2.75, 3.05) is 24.5 Å². The van der Waals surface area contributed by atoms with Crippen molar-refractivity contribution in [3.8, 4) is 0 Å². The van der Waals surface area contributed by atoms with Crippen LogP contribution in [0.3, 0.4) is 0 Å². The second-order valence-corrected chi connectivity index (χ2v) is 6.72. The fourth-order valence-electron chi connectivity index (χ4n) is 3.60. The zero-order chi connectivity index (χ0) is 17.1. The van der Waals surface area contributed by atoms with Crippen molar-refractivity contribution < 1.29 is 4.79 Å². The van der Waals surface area contributed by atoms with Gasteiger partial charge < -0.3 is 15.5 Å². The Balaban J connectivity index is 0.00000131. The van der Waals surface area contributed by atoms with Gasteiger partial charge in [-0.25, -0.2) is 4.98 Å². The van der Waals surface area contributed by atoms with Crippen molar-refractivity contribution in [1.29, 1.82) is 0 Å². The maximum absolute atomic E-state index is 12.6. The number of piperidine rings is 1. The van der Waals surface area contributed by atoms with Crippen molar-refractivity contribution in [3.05, 3.63) is 41.9 Å². The number of hydrogen-bond acceptors (Lipinski definition) is 5. The van der Waals surface area contributed by atoms with Crippen LogP contribution in [-0.2, 0) is 24.4 Å². The Morgan fingerprint density at radius 1 is 1.30 bits per heavy atom. The first-order chi connectivity index (χ1) is 12.3. The summed E-state index contributed by atoms with van der Waals surface area (Å²) < 4.78 is 2.03. The maximum Gasteiger partial charge on any atom is 0.225 e. The summed E-state index contributed by atoms with van der Waals surface area (Å²) in [6.07, 6.45) is 3.74. The van der Waals surface area contributed by atoms with Crippen LogP contribution < -0.4 is 15.5 Å². The summed E-state index contributed by atoms with van der Waals surface area (Å²) in [5.74, 6) is 1.08. The molecule has 2 aromatic heterocycles. The molecule has 0 saturated carbocycles. The Labute approximate surface area is 171 Å². The molecule has 4 heterocycles. The van der Waals surface area contributed by atoms with E-state index in [9.17, 15) is 4.79 Å². The minimum atomic E-state index is 0. The lowest BCUT2D eigenvalue weighted by atomic mass is 9.97. The molecular weight excluding hydrogens is 387 g/mol. The molecule has 2 aromatic rings. The third-order valence-electron chi connectivity index (χ3n) is 4.93. The van der Waals surface area contributed by atoms with Crippen LogP contribution in [0, 0.1) is 5.92 Å². The Morgan fingerprint density at radius 3 is 2.96 bits per heavy atom. The van der Waals surface area contributed by atoms with E-state index in [1.165, 1.54) is 5.69 Å². The van der Waals surface area contributed by atoms with Gasteiger partial charge in [0.1, 0.15) is 5.82 Å². The van der Waals surface area contributed by atoms with Gasteiger partial charge in [0.05, 0.1) is 30.4 Å². The van der Waals surface area contributed by atoms with E-state index in [2.05, 4.69) is 31.7 Å². The number of aromatic nitrogens is 3. The van der Waals surface area contributed by atoms with Crippen molar-refractivity contribution in [3.63, 3.8) is 0 Å². The number of fused-ring (bicyclic) bond motifs is 1. The normalized spacial score (nSPS) is 18.7. The lowest BCUT2D eigenvalue weighted by Gasteiger charge is -2.32. The molecule has 7 nitrogen and oxygen atoms in total. The summed E-state index contributed by atoms with van der Waals surface area (Å²) in [6, 6.07) is 7.98. The maximum atomic E-state index is 12.6. The Hall–Kier alpha value is -1.83. The number of pyridine rings is 1. The highest BCUT2D eigenvalue weighted by Gasteiger charge is 2.26. The standard InChI is InChI=1S/C18H24N6O.2ClH/c25-18(21-11-15-10-16-12-19-7-9-24(16)22-15)14-4-3-8-23(13-14)17-5-1-2-6-20-17;;/h1-2,5-6,10,14,19H,3-4,7-9,11-13H2,(H,21,25);2*1H. The van der Waals surface area contributed by atoms with Gasteiger partial charge in [0.15, 0.2) is 0 Å². The number of nitrogens with zero attached hydrogens (tertiary/aromatic N) is 4. The molecule has 0 aliphatic carbocycles. The van der Waals surface area contributed by atoms with Gasteiger partial charge in [0.2, 0.25) is 5.91 Å². The number of nitrogens with one attached hydrogen (secondary N) is 2. The fraction of sp³-hybridized carbons (Fsp3) is 0.500. The molecule has 1 amide bonds. The molecule has 0 bridgehead atoms. The van der Waals surface area contributed by atoms with E-state index in [-0.39, 0.29) is 36.6 Å². The molecular formula is C18H26Cl2N6O. The largest absolute Gasteiger partial charge is 0.356 e. The van der Waals surface area contributed by atoms with Crippen LogP contribution >= 0.6 is 24.8 Å². The molecule has 1 fully saturated rings. The number of hydrogen-bond donors (Lipinski definition) is 2. The van der Waals surface area contributed by atoms with E-state index < -0.39 is 0 Å². The molecule has 148 valence electrons. The highest BCUT2D eigenvalue weighted by molar-refractivity contribution is 5.85. The highest BCUT2D eigenvalue weighted by Crippen LogP contribution is 2.21. The molecule has 2 aliphatic heterocycles. The van der Waals surface area contributed by atoms with Crippen LogP contribution in [-0.4, -0.2) is 40.3 Å². The molecule has 1 saturated heterocycles. The molecule has 9 heteroatoms. The van der Waals surface area contributed by atoms with E-state index in [1.807, 2.05) is 22.9 Å². The Morgan fingerprint density at radius 2 is 2.19 bits per heavy atom. The summed E-state index contributed by atoms with van der Waals surface area (Å²) >= 11 is 0. The predicted molar refractivity (Wildman–Crippen MR) is 109 cm³/mol.